The fraction of sp³-hybridized carbons (Fsp3) is 0.533. The summed E-state index contributed by atoms with van der Waals surface area (Å²) in [5.41, 5.74) is 6.46. The molecule has 3 unspecified atom stereocenters. The maximum Gasteiger partial charge on any atom is 0.223 e. The highest BCUT2D eigenvalue weighted by atomic mass is 19.1. The normalized spacial score (nSPS) is 23.4. The fourth-order valence-electron chi connectivity index (χ4n) is 2.71. The van der Waals surface area contributed by atoms with Gasteiger partial charge in [-0.1, -0.05) is 0 Å². The first kappa shape index (κ1) is 14.8. The highest BCUT2D eigenvalue weighted by Gasteiger charge is 2.29. The van der Waals surface area contributed by atoms with E-state index in [4.69, 9.17) is 10.5 Å². The fourth-order valence-corrected chi connectivity index (χ4v) is 2.71. The molecule has 5 heteroatoms. The van der Waals surface area contributed by atoms with Gasteiger partial charge in [0.05, 0.1) is 13.2 Å². The van der Waals surface area contributed by atoms with Crippen LogP contribution >= 0.6 is 0 Å². The van der Waals surface area contributed by atoms with Crippen molar-refractivity contribution in [2.45, 2.75) is 38.3 Å². The van der Waals surface area contributed by atoms with Crippen LogP contribution in [-0.4, -0.2) is 19.1 Å². The van der Waals surface area contributed by atoms with Crippen LogP contribution in [-0.2, 0) is 4.79 Å². The standard InChI is InChI=1S/C15H21FN2O2/c1-9(13-8-11(16)4-6-14(13)20-2)18-15(19)10-3-5-12(17)7-10/h4,6,8-10,12H,3,5,7,17H2,1-2H3,(H,18,19). The second-order valence-corrected chi connectivity index (χ2v) is 5.39. The van der Waals surface area contributed by atoms with Gasteiger partial charge >= 0.3 is 0 Å². The Bertz CT molecular complexity index is 493. The SMILES string of the molecule is COc1ccc(F)cc1C(C)NC(=O)C1CCC(N)C1. The van der Waals surface area contributed by atoms with E-state index in [1.807, 2.05) is 6.92 Å². The zero-order valence-corrected chi connectivity index (χ0v) is 11.9. The summed E-state index contributed by atoms with van der Waals surface area (Å²) in [5.74, 6) is 0.177. The first-order valence-electron chi connectivity index (χ1n) is 6.90. The summed E-state index contributed by atoms with van der Waals surface area (Å²) >= 11 is 0. The number of hydrogen-bond donors (Lipinski definition) is 2. The molecule has 1 aromatic carbocycles. The summed E-state index contributed by atoms with van der Waals surface area (Å²) in [6.07, 6.45) is 2.43. The summed E-state index contributed by atoms with van der Waals surface area (Å²) in [7, 11) is 1.53. The van der Waals surface area contributed by atoms with Gasteiger partial charge in [-0.25, -0.2) is 4.39 Å². The van der Waals surface area contributed by atoms with Crippen LogP contribution in [0.25, 0.3) is 0 Å². The topological polar surface area (TPSA) is 64.3 Å². The number of carbonyl (C=O) groups excluding carboxylic acids is 1. The molecule has 1 aliphatic rings. The average Bonchev–Trinajstić information content (AvgIpc) is 2.85. The highest BCUT2D eigenvalue weighted by molar-refractivity contribution is 5.79. The van der Waals surface area contributed by atoms with Crippen molar-refractivity contribution in [1.29, 1.82) is 0 Å². The Hall–Kier alpha value is -1.62. The van der Waals surface area contributed by atoms with Crippen molar-refractivity contribution < 1.29 is 13.9 Å². The van der Waals surface area contributed by atoms with E-state index in [1.165, 1.54) is 19.2 Å². The molecule has 0 aliphatic heterocycles. The zero-order chi connectivity index (χ0) is 14.7. The van der Waals surface area contributed by atoms with Crippen molar-refractivity contribution in [1.82, 2.24) is 5.32 Å². The number of methoxy groups -OCH3 is 1. The van der Waals surface area contributed by atoms with Crippen molar-refractivity contribution in [3.63, 3.8) is 0 Å². The molecule has 0 radical (unpaired) electrons. The minimum atomic E-state index is -0.343. The molecule has 20 heavy (non-hydrogen) atoms. The maximum atomic E-state index is 13.3. The second kappa shape index (κ2) is 6.22. The molecule has 2 rings (SSSR count). The smallest absolute Gasteiger partial charge is 0.223 e. The van der Waals surface area contributed by atoms with E-state index < -0.39 is 0 Å². The molecule has 0 aromatic heterocycles. The van der Waals surface area contributed by atoms with E-state index in [0.717, 1.165) is 19.3 Å². The largest absolute Gasteiger partial charge is 0.496 e. The van der Waals surface area contributed by atoms with E-state index in [2.05, 4.69) is 5.32 Å². The monoisotopic (exact) mass is 280 g/mol. The van der Waals surface area contributed by atoms with E-state index in [0.29, 0.717) is 11.3 Å². The van der Waals surface area contributed by atoms with Gasteiger partial charge in [0.1, 0.15) is 11.6 Å². The summed E-state index contributed by atoms with van der Waals surface area (Å²) in [4.78, 5) is 12.2. The molecule has 1 aromatic rings. The molecule has 1 amide bonds. The third-order valence-corrected chi connectivity index (χ3v) is 3.86. The van der Waals surface area contributed by atoms with Crippen LogP contribution < -0.4 is 15.8 Å². The summed E-state index contributed by atoms with van der Waals surface area (Å²) in [6, 6.07) is 4.12. The maximum absolute atomic E-state index is 13.3. The van der Waals surface area contributed by atoms with Gasteiger partial charge in [0, 0.05) is 17.5 Å². The van der Waals surface area contributed by atoms with Gasteiger partial charge in [-0.15, -0.1) is 0 Å². The molecule has 3 N–H and O–H groups in total. The molecule has 0 saturated heterocycles. The minimum Gasteiger partial charge on any atom is -0.496 e. The van der Waals surface area contributed by atoms with E-state index >= 15 is 0 Å². The Balaban J connectivity index is 2.06. The van der Waals surface area contributed by atoms with Crippen LogP contribution in [0.15, 0.2) is 18.2 Å². The van der Waals surface area contributed by atoms with Crippen LogP contribution in [0.4, 0.5) is 4.39 Å². The molecule has 3 atom stereocenters. The first-order valence-corrected chi connectivity index (χ1v) is 6.90. The molecule has 0 bridgehead atoms. The van der Waals surface area contributed by atoms with Crippen LogP contribution in [0.2, 0.25) is 0 Å². The summed E-state index contributed by atoms with van der Waals surface area (Å²) in [5, 5.41) is 2.92. The lowest BCUT2D eigenvalue weighted by Gasteiger charge is -2.19. The molecule has 110 valence electrons. The van der Waals surface area contributed by atoms with E-state index in [1.54, 1.807) is 6.07 Å². The Morgan fingerprint density at radius 2 is 2.25 bits per heavy atom. The van der Waals surface area contributed by atoms with Crippen molar-refractivity contribution in [3.8, 4) is 5.75 Å². The number of carbonyl (C=O) groups is 1. The lowest BCUT2D eigenvalue weighted by Crippen LogP contribution is -2.32. The van der Waals surface area contributed by atoms with Gasteiger partial charge in [0.25, 0.3) is 0 Å². The molecule has 0 spiro atoms. The molecule has 1 saturated carbocycles. The predicted octanol–water partition coefficient (Wildman–Crippen LogP) is 2.14. The molecular formula is C15H21FN2O2. The first-order chi connectivity index (χ1) is 9.51. The number of ether oxygens (including phenoxy) is 1. The van der Waals surface area contributed by atoms with E-state index in [-0.39, 0.29) is 29.7 Å². The van der Waals surface area contributed by atoms with Crippen LogP contribution in [0.5, 0.6) is 5.75 Å². The molecule has 4 nitrogen and oxygen atoms in total. The number of nitrogens with one attached hydrogen (secondary N) is 1. The number of rotatable bonds is 4. The van der Waals surface area contributed by atoms with Crippen LogP contribution in [0.1, 0.15) is 37.8 Å². The van der Waals surface area contributed by atoms with Crippen molar-refractivity contribution in [2.75, 3.05) is 7.11 Å². The average molecular weight is 280 g/mol. The highest BCUT2D eigenvalue weighted by Crippen LogP contribution is 2.28. The number of benzene rings is 1. The Kier molecular flexibility index (Phi) is 4.60. The van der Waals surface area contributed by atoms with Crippen molar-refractivity contribution >= 4 is 5.91 Å². The Labute approximate surface area is 118 Å². The van der Waals surface area contributed by atoms with Gasteiger partial charge in [0.15, 0.2) is 0 Å². The van der Waals surface area contributed by atoms with Gasteiger partial charge in [-0.2, -0.15) is 0 Å². The Morgan fingerprint density at radius 1 is 1.50 bits per heavy atom. The van der Waals surface area contributed by atoms with Gasteiger partial charge in [-0.3, -0.25) is 4.79 Å². The van der Waals surface area contributed by atoms with Gasteiger partial charge in [0.2, 0.25) is 5.91 Å². The minimum absolute atomic E-state index is 0.0169. The third kappa shape index (κ3) is 3.28. The van der Waals surface area contributed by atoms with Crippen molar-refractivity contribution in [2.24, 2.45) is 11.7 Å². The quantitative estimate of drug-likeness (QED) is 0.888. The molecule has 1 fully saturated rings. The zero-order valence-electron chi connectivity index (χ0n) is 11.9. The Morgan fingerprint density at radius 3 is 2.85 bits per heavy atom. The lowest BCUT2D eigenvalue weighted by molar-refractivity contribution is -0.125. The van der Waals surface area contributed by atoms with Crippen LogP contribution in [0.3, 0.4) is 0 Å². The van der Waals surface area contributed by atoms with Gasteiger partial charge in [-0.05, 0) is 44.4 Å². The van der Waals surface area contributed by atoms with Crippen LogP contribution in [0, 0.1) is 11.7 Å². The third-order valence-electron chi connectivity index (χ3n) is 3.86. The predicted molar refractivity (Wildman–Crippen MR) is 74.8 cm³/mol. The molecule has 0 heterocycles. The number of hydrogen-bond acceptors (Lipinski definition) is 3. The molecule has 1 aliphatic carbocycles. The number of nitrogens with two attached hydrogens (primary N) is 1. The number of halogens is 1. The number of amides is 1. The second-order valence-electron chi connectivity index (χ2n) is 5.39. The molecular weight excluding hydrogens is 259 g/mol. The van der Waals surface area contributed by atoms with E-state index in [9.17, 15) is 9.18 Å². The summed E-state index contributed by atoms with van der Waals surface area (Å²) in [6.45, 7) is 1.82. The van der Waals surface area contributed by atoms with Gasteiger partial charge < -0.3 is 15.8 Å². The summed E-state index contributed by atoms with van der Waals surface area (Å²) < 4.78 is 18.6. The van der Waals surface area contributed by atoms with Crippen molar-refractivity contribution in [3.05, 3.63) is 29.6 Å². The lowest BCUT2D eigenvalue weighted by atomic mass is 10.0.